The topological polar surface area (TPSA) is 110 Å². The van der Waals surface area contributed by atoms with Crippen molar-refractivity contribution in [3.63, 3.8) is 0 Å². The molecule has 4 aromatic carbocycles. The molecule has 0 radical (unpaired) electrons. The van der Waals surface area contributed by atoms with Crippen LogP contribution in [-0.2, 0) is 4.74 Å². The lowest BCUT2D eigenvalue weighted by Gasteiger charge is -2.16. The van der Waals surface area contributed by atoms with Crippen molar-refractivity contribution in [2.24, 2.45) is 5.73 Å². The molecule has 1 fully saturated rings. The van der Waals surface area contributed by atoms with Crippen molar-refractivity contribution >= 4 is 50.3 Å². The minimum absolute atomic E-state index is 0.0902. The van der Waals surface area contributed by atoms with E-state index < -0.39 is 5.91 Å². The number of benzene rings is 4. The second kappa shape index (κ2) is 8.84. The molecule has 2 aromatic heterocycles. The quantitative estimate of drug-likeness (QED) is 0.308. The Kier molecular flexibility index (Phi) is 5.25. The van der Waals surface area contributed by atoms with Crippen LogP contribution < -0.4 is 16.2 Å². The van der Waals surface area contributed by atoms with E-state index in [1.807, 2.05) is 79.7 Å². The monoisotopic (exact) mass is 528 g/mol. The van der Waals surface area contributed by atoms with E-state index in [4.69, 9.17) is 10.5 Å². The van der Waals surface area contributed by atoms with Gasteiger partial charge >= 0.3 is 6.09 Å². The Morgan fingerprint density at radius 1 is 0.925 bits per heavy atom. The SMILES string of the molecule is Cc1c(-c2ccc(C(N)=O)c3[nH]c4cc(N5CCOC5=O)ccc4c23)cccc1-n1ccc2ccccc2c1=O. The van der Waals surface area contributed by atoms with E-state index in [0.717, 1.165) is 44.1 Å². The number of rotatable bonds is 4. The van der Waals surface area contributed by atoms with Gasteiger partial charge in [0.05, 0.1) is 23.3 Å². The number of fused-ring (bicyclic) bond motifs is 4. The first-order valence-corrected chi connectivity index (χ1v) is 13.0. The standard InChI is InChI=1S/C32H24N4O4/c1-18-21(7-4-8-27(18)36-14-13-19-5-2-3-6-22(19)31(36)38)23-11-12-25(30(33)37)29-28(23)24-10-9-20(17-26(24)34-29)35-15-16-40-32(35)39/h2-14,17,34H,15-16H2,1H3,(H2,33,37). The molecule has 3 heterocycles. The van der Waals surface area contributed by atoms with Gasteiger partial charge in [-0.3, -0.25) is 19.1 Å². The number of aromatic nitrogens is 2. The van der Waals surface area contributed by atoms with Gasteiger partial charge in [0.25, 0.3) is 11.5 Å². The van der Waals surface area contributed by atoms with Crippen LogP contribution in [0.25, 0.3) is 49.4 Å². The summed E-state index contributed by atoms with van der Waals surface area (Å²) in [6, 6.07) is 24.7. The lowest BCUT2D eigenvalue weighted by atomic mass is 9.93. The molecular formula is C32H24N4O4. The summed E-state index contributed by atoms with van der Waals surface area (Å²) in [5, 5.41) is 3.27. The second-order valence-electron chi connectivity index (χ2n) is 9.92. The smallest absolute Gasteiger partial charge is 0.414 e. The number of amides is 2. The number of H-pyrrole nitrogens is 1. The maximum absolute atomic E-state index is 13.4. The van der Waals surface area contributed by atoms with E-state index in [-0.39, 0.29) is 11.7 Å². The van der Waals surface area contributed by atoms with Crippen LogP contribution in [0.3, 0.4) is 0 Å². The Balaban J connectivity index is 1.46. The van der Waals surface area contributed by atoms with Gasteiger partial charge in [-0.05, 0) is 65.4 Å². The van der Waals surface area contributed by atoms with Crippen LogP contribution >= 0.6 is 0 Å². The number of hydrogen-bond acceptors (Lipinski definition) is 4. The fraction of sp³-hybridized carbons (Fsp3) is 0.0938. The number of cyclic esters (lactones) is 1. The molecule has 6 aromatic rings. The number of hydrogen-bond donors (Lipinski definition) is 2. The predicted molar refractivity (Wildman–Crippen MR) is 156 cm³/mol. The fourth-order valence-electron chi connectivity index (χ4n) is 5.78. The van der Waals surface area contributed by atoms with Gasteiger partial charge < -0.3 is 15.5 Å². The summed E-state index contributed by atoms with van der Waals surface area (Å²) in [5.74, 6) is -0.542. The molecular weight excluding hydrogens is 504 g/mol. The molecule has 0 spiro atoms. The van der Waals surface area contributed by atoms with Gasteiger partial charge in [0.15, 0.2) is 0 Å². The van der Waals surface area contributed by atoms with Crippen molar-refractivity contribution in [3.8, 4) is 16.8 Å². The van der Waals surface area contributed by atoms with E-state index >= 15 is 0 Å². The number of carbonyl (C=O) groups excluding carboxylic acids is 2. The van der Waals surface area contributed by atoms with Gasteiger partial charge in [-0.2, -0.15) is 0 Å². The first-order chi connectivity index (χ1) is 19.4. The van der Waals surface area contributed by atoms with Crippen molar-refractivity contribution in [1.82, 2.24) is 9.55 Å². The average Bonchev–Trinajstić information content (AvgIpc) is 3.56. The zero-order valence-corrected chi connectivity index (χ0v) is 21.6. The molecule has 2 amide bonds. The Bertz CT molecular complexity index is 2090. The van der Waals surface area contributed by atoms with Gasteiger partial charge in [0.2, 0.25) is 0 Å². The summed E-state index contributed by atoms with van der Waals surface area (Å²) in [6.45, 7) is 2.81. The van der Waals surface area contributed by atoms with Crippen molar-refractivity contribution < 1.29 is 14.3 Å². The van der Waals surface area contributed by atoms with Crippen LogP contribution in [0.1, 0.15) is 15.9 Å². The van der Waals surface area contributed by atoms with E-state index in [9.17, 15) is 14.4 Å². The van der Waals surface area contributed by atoms with Crippen LogP contribution in [0.4, 0.5) is 10.5 Å². The molecule has 3 N–H and O–H groups in total. The summed E-state index contributed by atoms with van der Waals surface area (Å²) >= 11 is 0. The largest absolute Gasteiger partial charge is 0.447 e. The van der Waals surface area contributed by atoms with Gasteiger partial charge in [-0.1, -0.05) is 42.5 Å². The number of nitrogens with two attached hydrogens (primary N) is 1. The van der Waals surface area contributed by atoms with Gasteiger partial charge in [0, 0.05) is 33.6 Å². The molecule has 0 unspecified atom stereocenters. The highest BCUT2D eigenvalue weighted by Crippen LogP contribution is 2.39. The van der Waals surface area contributed by atoms with Gasteiger partial charge in [0.1, 0.15) is 6.61 Å². The van der Waals surface area contributed by atoms with E-state index in [2.05, 4.69) is 4.98 Å². The average molecular weight is 529 g/mol. The number of carbonyl (C=O) groups is 2. The van der Waals surface area contributed by atoms with Crippen molar-refractivity contribution in [3.05, 3.63) is 107 Å². The van der Waals surface area contributed by atoms with Crippen molar-refractivity contribution in [1.29, 1.82) is 0 Å². The zero-order valence-electron chi connectivity index (χ0n) is 21.6. The molecule has 0 saturated carbocycles. The normalized spacial score (nSPS) is 13.4. The summed E-state index contributed by atoms with van der Waals surface area (Å²) in [6.07, 6.45) is 1.42. The minimum atomic E-state index is -0.542. The third-order valence-corrected chi connectivity index (χ3v) is 7.74. The molecule has 1 aliphatic rings. The number of primary amides is 1. The van der Waals surface area contributed by atoms with E-state index in [1.54, 1.807) is 21.7 Å². The number of anilines is 1. The zero-order chi connectivity index (χ0) is 27.5. The van der Waals surface area contributed by atoms with Gasteiger partial charge in [-0.25, -0.2) is 4.79 Å². The summed E-state index contributed by atoms with van der Waals surface area (Å²) in [7, 11) is 0. The molecule has 0 bridgehead atoms. The Hall–Kier alpha value is -5.37. The van der Waals surface area contributed by atoms with Crippen LogP contribution in [0.15, 0.2) is 89.9 Å². The number of nitrogens with one attached hydrogen (secondary N) is 1. The lowest BCUT2D eigenvalue weighted by molar-refractivity contribution is 0.100. The number of aromatic amines is 1. The molecule has 0 atom stereocenters. The third-order valence-electron chi connectivity index (χ3n) is 7.74. The summed E-state index contributed by atoms with van der Waals surface area (Å²) in [4.78, 5) is 42.9. The molecule has 196 valence electrons. The number of ether oxygens (including phenoxy) is 1. The van der Waals surface area contributed by atoms with Crippen molar-refractivity contribution in [2.75, 3.05) is 18.1 Å². The third kappa shape index (κ3) is 3.50. The van der Waals surface area contributed by atoms with Crippen LogP contribution in [0.2, 0.25) is 0 Å². The molecule has 1 saturated heterocycles. The van der Waals surface area contributed by atoms with Gasteiger partial charge in [-0.15, -0.1) is 0 Å². The molecule has 8 heteroatoms. The first-order valence-electron chi connectivity index (χ1n) is 13.0. The molecule has 8 nitrogen and oxygen atoms in total. The number of nitrogens with zero attached hydrogens (tertiary/aromatic N) is 2. The molecule has 0 aliphatic carbocycles. The minimum Gasteiger partial charge on any atom is -0.447 e. The fourth-order valence-corrected chi connectivity index (χ4v) is 5.78. The van der Waals surface area contributed by atoms with Crippen LogP contribution in [-0.4, -0.2) is 34.7 Å². The highest BCUT2D eigenvalue weighted by Gasteiger charge is 2.25. The predicted octanol–water partition coefficient (Wildman–Crippen LogP) is 5.66. The van der Waals surface area contributed by atoms with E-state index in [0.29, 0.717) is 35.3 Å². The summed E-state index contributed by atoms with van der Waals surface area (Å²) in [5.41, 5.74) is 11.6. The Morgan fingerprint density at radius 3 is 2.58 bits per heavy atom. The first kappa shape index (κ1) is 23.7. The molecule has 40 heavy (non-hydrogen) atoms. The van der Waals surface area contributed by atoms with Crippen LogP contribution in [0, 0.1) is 6.92 Å². The summed E-state index contributed by atoms with van der Waals surface area (Å²) < 4.78 is 6.78. The van der Waals surface area contributed by atoms with Crippen LogP contribution in [0.5, 0.6) is 0 Å². The molecule has 1 aliphatic heterocycles. The highest BCUT2D eigenvalue weighted by molar-refractivity contribution is 6.20. The number of pyridine rings is 1. The highest BCUT2D eigenvalue weighted by atomic mass is 16.6. The lowest BCUT2D eigenvalue weighted by Crippen LogP contribution is -2.23. The van der Waals surface area contributed by atoms with Crippen molar-refractivity contribution in [2.45, 2.75) is 6.92 Å². The Morgan fingerprint density at radius 2 is 1.77 bits per heavy atom. The maximum Gasteiger partial charge on any atom is 0.414 e. The van der Waals surface area contributed by atoms with E-state index in [1.165, 1.54) is 0 Å². The second-order valence-corrected chi connectivity index (χ2v) is 9.92. The Labute approximate surface area is 228 Å². The maximum atomic E-state index is 13.4. The molecule has 7 rings (SSSR count).